The van der Waals surface area contributed by atoms with Gasteiger partial charge in [0, 0.05) is 33.6 Å². The van der Waals surface area contributed by atoms with Gasteiger partial charge < -0.3 is 5.92 Å². The predicted octanol–water partition coefficient (Wildman–Crippen LogP) is 1.62. The summed E-state index contributed by atoms with van der Waals surface area (Å²) in [6.45, 7) is 6.25. The van der Waals surface area contributed by atoms with E-state index in [1.54, 1.807) is 0 Å². The van der Waals surface area contributed by atoms with Crippen molar-refractivity contribution >= 4 is 0 Å². The van der Waals surface area contributed by atoms with Crippen LogP contribution in [0.25, 0.3) is 0 Å². The first-order chi connectivity index (χ1) is 1.73. The normalized spacial score (nSPS) is 6.00. The Kier molecular flexibility index (Phi) is 24.6. The van der Waals surface area contributed by atoms with Gasteiger partial charge in [-0.25, -0.2) is 0 Å². The number of rotatable bonds is 0. The molecule has 2 radical (unpaired) electrons. The van der Waals surface area contributed by atoms with Gasteiger partial charge >= 0.3 is 0 Å². The molecule has 0 saturated heterocycles. The molecule has 0 heterocycles. The molecule has 0 atom stereocenters. The number of hydrogen-bond acceptors (Lipinski definition) is 0. The van der Waals surface area contributed by atoms with Crippen molar-refractivity contribution in [1.29, 1.82) is 0 Å². The summed E-state index contributed by atoms with van der Waals surface area (Å²) in [7, 11) is 0. The smallest absolute Gasteiger partial charge is 0 e. The zero-order valence-electron chi connectivity index (χ0n) is 4.17. The van der Waals surface area contributed by atoms with Crippen LogP contribution < -0.4 is 0 Å². The van der Waals surface area contributed by atoms with E-state index in [0.29, 0.717) is 0 Å². The maximum atomic E-state index is 2.08. The van der Waals surface area contributed by atoms with Gasteiger partial charge in [0.1, 0.15) is 0 Å². The Morgan fingerprint density at radius 3 is 0.833 bits per heavy atom. The molecule has 0 saturated carbocycles. The first kappa shape index (κ1) is 15.7. The van der Waals surface area contributed by atoms with Crippen molar-refractivity contribution in [1.82, 2.24) is 0 Å². The van der Waals surface area contributed by atoms with Crippen LogP contribution >= 0.6 is 0 Å². The van der Waals surface area contributed by atoms with E-state index in [4.69, 9.17) is 0 Å². The van der Waals surface area contributed by atoms with Crippen LogP contribution in [-0.2, 0) is 33.6 Å². The summed E-state index contributed by atoms with van der Waals surface area (Å²) in [5.74, 6) is 1.42. The van der Waals surface area contributed by atoms with Crippen LogP contribution in [0.1, 0.15) is 20.8 Å². The summed E-state index contributed by atoms with van der Waals surface area (Å²) in [5.41, 5.74) is 0. The molecule has 0 unspecified atom stereocenters. The van der Waals surface area contributed by atoms with E-state index in [0.717, 1.165) is 0 Å². The molecule has 0 aromatic rings. The molecule has 0 fully saturated rings. The molecule has 0 N–H and O–H groups in total. The largest absolute Gasteiger partial charge is 0.323 e. The zero-order valence-corrected chi connectivity index (χ0v) is 6.25. The van der Waals surface area contributed by atoms with E-state index < -0.39 is 0 Å². The molecular formula is C4H9Co2-. The van der Waals surface area contributed by atoms with Gasteiger partial charge in [0.05, 0.1) is 0 Å². The Balaban J connectivity index is -0.0000000450. The third-order valence-electron chi connectivity index (χ3n) is 0. The third kappa shape index (κ3) is 78.7. The number of hydrogen-bond donors (Lipinski definition) is 0. The molecule has 0 amide bonds. The Labute approximate surface area is 60.5 Å². The van der Waals surface area contributed by atoms with Gasteiger partial charge in [-0.1, -0.05) is 0 Å². The van der Waals surface area contributed by atoms with Gasteiger partial charge in [-0.3, -0.25) is 0 Å². The quantitative estimate of drug-likeness (QED) is 0.490. The molecule has 0 aromatic carbocycles. The van der Waals surface area contributed by atoms with Gasteiger partial charge in [0.15, 0.2) is 0 Å². The van der Waals surface area contributed by atoms with Crippen LogP contribution in [0.4, 0.5) is 0 Å². The van der Waals surface area contributed by atoms with E-state index in [2.05, 4.69) is 20.8 Å². The van der Waals surface area contributed by atoms with Gasteiger partial charge in [-0.2, -0.15) is 20.8 Å². The fourth-order valence-electron chi connectivity index (χ4n) is 0. The van der Waals surface area contributed by atoms with Gasteiger partial charge in [0.25, 0.3) is 0 Å². The fourth-order valence-corrected chi connectivity index (χ4v) is 0. The molecule has 0 rings (SSSR count). The maximum Gasteiger partial charge on any atom is 0 e. The summed E-state index contributed by atoms with van der Waals surface area (Å²) in [6.07, 6.45) is 0. The van der Waals surface area contributed by atoms with Crippen molar-refractivity contribution in [3.63, 3.8) is 0 Å². The minimum absolute atomic E-state index is 0. The predicted molar refractivity (Wildman–Crippen MR) is 20.3 cm³/mol. The minimum atomic E-state index is 0. The minimum Gasteiger partial charge on any atom is -0.323 e. The summed E-state index contributed by atoms with van der Waals surface area (Å²) < 4.78 is 0. The Morgan fingerprint density at radius 1 is 0.833 bits per heavy atom. The molecule has 0 bridgehead atoms. The SMILES string of the molecule is C[C-](C)C.[Co].[Co]. The molecule has 2 heteroatoms. The molecule has 0 aliphatic carbocycles. The topological polar surface area (TPSA) is 0 Å². The van der Waals surface area contributed by atoms with E-state index in [9.17, 15) is 0 Å². The molecule has 0 aliphatic heterocycles. The van der Waals surface area contributed by atoms with Crippen molar-refractivity contribution in [2.24, 2.45) is 0 Å². The molecule has 6 heavy (non-hydrogen) atoms. The van der Waals surface area contributed by atoms with Crippen molar-refractivity contribution in [2.75, 3.05) is 0 Å². The van der Waals surface area contributed by atoms with Crippen LogP contribution in [0.3, 0.4) is 0 Å². The molecular weight excluding hydrogens is 166 g/mol. The van der Waals surface area contributed by atoms with Crippen molar-refractivity contribution < 1.29 is 33.6 Å². The summed E-state index contributed by atoms with van der Waals surface area (Å²) >= 11 is 0. The summed E-state index contributed by atoms with van der Waals surface area (Å²) in [6, 6.07) is 0. The zero-order chi connectivity index (χ0) is 3.58. The van der Waals surface area contributed by atoms with Gasteiger partial charge in [-0.05, 0) is 0 Å². The monoisotopic (exact) mass is 175 g/mol. The van der Waals surface area contributed by atoms with E-state index >= 15 is 0 Å². The second-order valence-electron chi connectivity index (χ2n) is 1.50. The second kappa shape index (κ2) is 9.38. The third-order valence-corrected chi connectivity index (χ3v) is 0. The first-order valence-corrected chi connectivity index (χ1v) is 1.50. The van der Waals surface area contributed by atoms with Crippen LogP contribution in [0, 0.1) is 5.92 Å². The molecule has 0 spiro atoms. The summed E-state index contributed by atoms with van der Waals surface area (Å²) in [5, 5.41) is 0. The maximum absolute atomic E-state index is 2.08. The van der Waals surface area contributed by atoms with Crippen molar-refractivity contribution in [3.8, 4) is 0 Å². The Bertz CT molecular complexity index is 10.3. The fraction of sp³-hybridized carbons (Fsp3) is 0.750. The van der Waals surface area contributed by atoms with E-state index in [-0.39, 0.29) is 33.6 Å². The standard InChI is InChI=1S/C4H9.2Co/c1-4(2)3;;/h1-3H3;;/q-1;;. The summed E-state index contributed by atoms with van der Waals surface area (Å²) in [4.78, 5) is 0. The second-order valence-corrected chi connectivity index (χ2v) is 1.50. The van der Waals surface area contributed by atoms with E-state index in [1.165, 1.54) is 5.92 Å². The van der Waals surface area contributed by atoms with Crippen LogP contribution in [0.2, 0.25) is 0 Å². The Morgan fingerprint density at radius 2 is 0.833 bits per heavy atom. The van der Waals surface area contributed by atoms with Crippen LogP contribution in [0.5, 0.6) is 0 Å². The molecule has 0 nitrogen and oxygen atoms in total. The van der Waals surface area contributed by atoms with Crippen LogP contribution in [0.15, 0.2) is 0 Å². The average Bonchev–Trinajstić information content (AvgIpc) is 0.811. The van der Waals surface area contributed by atoms with Gasteiger partial charge in [0.2, 0.25) is 0 Å². The Hall–Kier alpha value is 1.01. The molecule has 0 aromatic heterocycles. The van der Waals surface area contributed by atoms with Crippen molar-refractivity contribution in [2.45, 2.75) is 20.8 Å². The molecule has 0 aliphatic rings. The average molecular weight is 175 g/mol. The van der Waals surface area contributed by atoms with Gasteiger partial charge in [-0.15, -0.1) is 0 Å². The van der Waals surface area contributed by atoms with Crippen LogP contribution in [-0.4, -0.2) is 0 Å². The first-order valence-electron chi connectivity index (χ1n) is 1.50. The van der Waals surface area contributed by atoms with Crippen molar-refractivity contribution in [3.05, 3.63) is 5.92 Å². The van der Waals surface area contributed by atoms with E-state index in [1.807, 2.05) is 0 Å². The molecule has 44 valence electrons.